The average Bonchev–Trinajstić information content (AvgIpc) is 2.62. The van der Waals surface area contributed by atoms with Crippen LogP contribution in [-0.4, -0.2) is 59.3 Å². The maximum atomic E-state index is 9.85. The van der Waals surface area contributed by atoms with Crippen LogP contribution in [0.3, 0.4) is 0 Å². The molecular weight excluding hydrogens is 298 g/mol. The number of anilines is 2. The number of aliphatic hydroxyl groups is 1. The minimum atomic E-state index is -0.321. The van der Waals surface area contributed by atoms with E-state index in [0.29, 0.717) is 6.54 Å². The van der Waals surface area contributed by atoms with E-state index in [1.165, 1.54) is 0 Å². The number of β-amino-alcohol motifs (C(OH)–C–C–N with tert-alkyl or cyclic N) is 1. The standard InChI is InChI=1S/C11H18BrN5O/c1-16(2)5-7-3-8(18)6-17(7)10-9(12)4-14-11(13)15-10/h4,7-8,18H,3,5-6H2,1-2H3,(H2,13,14,15). The molecule has 1 saturated heterocycles. The van der Waals surface area contributed by atoms with Gasteiger partial charge in [0.05, 0.1) is 10.6 Å². The van der Waals surface area contributed by atoms with Gasteiger partial charge in [0.25, 0.3) is 0 Å². The Morgan fingerprint density at radius 1 is 1.61 bits per heavy atom. The number of hydrogen-bond acceptors (Lipinski definition) is 6. The van der Waals surface area contributed by atoms with Crippen LogP contribution in [0.2, 0.25) is 0 Å². The second-order valence-electron chi connectivity index (χ2n) is 4.86. The molecule has 3 N–H and O–H groups in total. The molecule has 0 aliphatic carbocycles. The van der Waals surface area contributed by atoms with E-state index in [1.807, 2.05) is 14.1 Å². The molecule has 1 aliphatic rings. The lowest BCUT2D eigenvalue weighted by atomic mass is 10.2. The summed E-state index contributed by atoms with van der Waals surface area (Å²) in [6.07, 6.45) is 2.07. The van der Waals surface area contributed by atoms with Crippen molar-refractivity contribution in [2.24, 2.45) is 0 Å². The Morgan fingerprint density at radius 2 is 2.33 bits per heavy atom. The van der Waals surface area contributed by atoms with Crippen molar-refractivity contribution < 1.29 is 5.11 Å². The summed E-state index contributed by atoms with van der Waals surface area (Å²) in [7, 11) is 4.04. The number of halogens is 1. The molecule has 2 unspecified atom stereocenters. The van der Waals surface area contributed by atoms with Crippen molar-refractivity contribution in [1.82, 2.24) is 14.9 Å². The maximum Gasteiger partial charge on any atom is 0.222 e. The van der Waals surface area contributed by atoms with E-state index in [0.717, 1.165) is 23.3 Å². The molecule has 1 aromatic heterocycles. The highest BCUT2D eigenvalue weighted by Gasteiger charge is 2.33. The summed E-state index contributed by atoms with van der Waals surface area (Å²) in [5.74, 6) is 1.00. The summed E-state index contributed by atoms with van der Waals surface area (Å²) in [5.41, 5.74) is 5.63. The van der Waals surface area contributed by atoms with Crippen molar-refractivity contribution in [3.8, 4) is 0 Å². The van der Waals surface area contributed by atoms with Gasteiger partial charge in [-0.25, -0.2) is 4.98 Å². The Morgan fingerprint density at radius 3 is 3.00 bits per heavy atom. The first-order valence-electron chi connectivity index (χ1n) is 5.85. The molecule has 2 rings (SSSR count). The predicted octanol–water partition coefficient (Wildman–Crippen LogP) is 0.323. The second-order valence-corrected chi connectivity index (χ2v) is 5.71. The number of aromatic nitrogens is 2. The zero-order chi connectivity index (χ0) is 13.3. The predicted molar refractivity (Wildman–Crippen MR) is 74.5 cm³/mol. The van der Waals surface area contributed by atoms with Gasteiger partial charge in [-0.1, -0.05) is 0 Å². The van der Waals surface area contributed by atoms with Gasteiger partial charge in [0.15, 0.2) is 0 Å². The number of nitrogens with zero attached hydrogens (tertiary/aromatic N) is 4. The van der Waals surface area contributed by atoms with Crippen molar-refractivity contribution in [3.63, 3.8) is 0 Å². The molecule has 0 aromatic carbocycles. The zero-order valence-electron chi connectivity index (χ0n) is 10.5. The highest BCUT2D eigenvalue weighted by molar-refractivity contribution is 9.10. The lowest BCUT2D eigenvalue weighted by molar-refractivity contribution is 0.191. The third-order valence-corrected chi connectivity index (χ3v) is 3.54. The number of hydrogen-bond donors (Lipinski definition) is 2. The van der Waals surface area contributed by atoms with Gasteiger partial charge in [0.2, 0.25) is 5.95 Å². The molecule has 0 bridgehead atoms. The van der Waals surface area contributed by atoms with E-state index in [9.17, 15) is 5.11 Å². The topological polar surface area (TPSA) is 78.5 Å². The van der Waals surface area contributed by atoms with Gasteiger partial charge in [0, 0.05) is 25.3 Å². The molecule has 1 aromatic rings. The van der Waals surface area contributed by atoms with Gasteiger partial charge in [-0.05, 0) is 36.4 Å². The smallest absolute Gasteiger partial charge is 0.222 e. The second kappa shape index (κ2) is 5.38. The quantitative estimate of drug-likeness (QED) is 0.836. The summed E-state index contributed by atoms with van der Waals surface area (Å²) < 4.78 is 0.801. The molecule has 7 heteroatoms. The number of nitrogens with two attached hydrogens (primary N) is 1. The largest absolute Gasteiger partial charge is 0.391 e. The summed E-state index contributed by atoms with van der Waals surface area (Å²) >= 11 is 3.44. The summed E-state index contributed by atoms with van der Waals surface area (Å²) in [4.78, 5) is 12.4. The Bertz CT molecular complexity index is 428. The van der Waals surface area contributed by atoms with Crippen molar-refractivity contribution in [3.05, 3.63) is 10.7 Å². The normalized spacial score (nSPS) is 23.9. The van der Waals surface area contributed by atoms with Gasteiger partial charge < -0.3 is 20.6 Å². The van der Waals surface area contributed by atoms with Crippen LogP contribution in [0, 0.1) is 0 Å². The van der Waals surface area contributed by atoms with Crippen LogP contribution in [0.15, 0.2) is 10.7 Å². The van der Waals surface area contributed by atoms with E-state index in [4.69, 9.17) is 5.73 Å². The Hall–Kier alpha value is -0.920. The van der Waals surface area contributed by atoms with Gasteiger partial charge in [0.1, 0.15) is 5.82 Å². The molecule has 0 amide bonds. The van der Waals surface area contributed by atoms with Crippen LogP contribution in [0.5, 0.6) is 0 Å². The fraction of sp³-hybridized carbons (Fsp3) is 0.636. The lowest BCUT2D eigenvalue weighted by Gasteiger charge is -2.28. The van der Waals surface area contributed by atoms with Gasteiger partial charge >= 0.3 is 0 Å². The van der Waals surface area contributed by atoms with Gasteiger partial charge in [-0.2, -0.15) is 4.98 Å². The molecule has 1 fully saturated rings. The minimum Gasteiger partial charge on any atom is -0.391 e. The molecule has 2 heterocycles. The molecule has 18 heavy (non-hydrogen) atoms. The van der Waals surface area contributed by atoms with Crippen molar-refractivity contribution in [2.45, 2.75) is 18.6 Å². The summed E-state index contributed by atoms with van der Waals surface area (Å²) in [6, 6.07) is 0.237. The van der Waals surface area contributed by atoms with E-state index in [-0.39, 0.29) is 18.1 Å². The van der Waals surface area contributed by atoms with Crippen molar-refractivity contribution in [2.75, 3.05) is 37.8 Å². The maximum absolute atomic E-state index is 9.85. The molecule has 2 atom stereocenters. The van der Waals surface area contributed by atoms with Crippen LogP contribution in [0.1, 0.15) is 6.42 Å². The van der Waals surface area contributed by atoms with E-state index < -0.39 is 0 Å². The van der Waals surface area contributed by atoms with E-state index >= 15 is 0 Å². The van der Waals surface area contributed by atoms with Crippen LogP contribution in [-0.2, 0) is 0 Å². The van der Waals surface area contributed by atoms with Gasteiger partial charge in [-0.15, -0.1) is 0 Å². The van der Waals surface area contributed by atoms with Crippen molar-refractivity contribution in [1.29, 1.82) is 0 Å². The number of nitrogen functional groups attached to an aromatic ring is 1. The fourth-order valence-electron chi connectivity index (χ4n) is 2.32. The van der Waals surface area contributed by atoms with Crippen molar-refractivity contribution >= 4 is 27.7 Å². The monoisotopic (exact) mass is 315 g/mol. The van der Waals surface area contributed by atoms with Crippen LogP contribution < -0.4 is 10.6 Å². The highest BCUT2D eigenvalue weighted by atomic mass is 79.9. The first-order valence-corrected chi connectivity index (χ1v) is 6.64. The molecule has 0 saturated carbocycles. The van der Waals surface area contributed by atoms with E-state index in [2.05, 4.69) is 35.7 Å². The Kier molecular flexibility index (Phi) is 4.04. The summed E-state index contributed by atoms with van der Waals surface area (Å²) in [5, 5.41) is 9.85. The zero-order valence-corrected chi connectivity index (χ0v) is 12.1. The third-order valence-electron chi connectivity index (χ3n) is 2.98. The third kappa shape index (κ3) is 2.90. The molecular formula is C11H18BrN5O. The Labute approximate surface area is 115 Å². The first-order chi connectivity index (χ1) is 8.47. The molecule has 6 nitrogen and oxygen atoms in total. The molecule has 0 spiro atoms. The average molecular weight is 316 g/mol. The van der Waals surface area contributed by atoms with Crippen LogP contribution in [0.25, 0.3) is 0 Å². The highest BCUT2D eigenvalue weighted by Crippen LogP contribution is 2.30. The van der Waals surface area contributed by atoms with Crippen LogP contribution in [0.4, 0.5) is 11.8 Å². The number of aliphatic hydroxyl groups excluding tert-OH is 1. The van der Waals surface area contributed by atoms with E-state index in [1.54, 1.807) is 6.20 Å². The van der Waals surface area contributed by atoms with Gasteiger partial charge in [-0.3, -0.25) is 0 Å². The fourth-order valence-corrected chi connectivity index (χ4v) is 2.74. The minimum absolute atomic E-state index is 0.237. The lowest BCUT2D eigenvalue weighted by Crippen LogP contribution is -2.38. The first kappa shape index (κ1) is 13.5. The van der Waals surface area contributed by atoms with Crippen LogP contribution >= 0.6 is 15.9 Å². The summed E-state index contributed by atoms with van der Waals surface area (Å²) in [6.45, 7) is 1.45. The number of rotatable bonds is 3. The SMILES string of the molecule is CN(C)CC1CC(O)CN1c1nc(N)ncc1Br. The number of likely N-dealkylation sites (N-methyl/N-ethyl adjacent to an activating group) is 1. The molecule has 0 radical (unpaired) electrons. The Balaban J connectivity index is 2.26. The molecule has 100 valence electrons. The molecule has 1 aliphatic heterocycles.